The normalized spacial score (nSPS) is 15.6. The molecule has 0 radical (unpaired) electrons. The van der Waals surface area contributed by atoms with Crippen LogP contribution in [0.15, 0.2) is 48.9 Å². The molecule has 128 valence electrons. The molecule has 6 nitrogen and oxygen atoms in total. The summed E-state index contributed by atoms with van der Waals surface area (Å²) in [4.78, 5) is 21.0. The van der Waals surface area contributed by atoms with Crippen LogP contribution in [-0.2, 0) is 6.54 Å². The van der Waals surface area contributed by atoms with Gasteiger partial charge in [-0.3, -0.25) is 9.69 Å². The van der Waals surface area contributed by atoms with Crippen LogP contribution in [-0.4, -0.2) is 56.5 Å². The first kappa shape index (κ1) is 15.7. The Morgan fingerprint density at radius 1 is 1.12 bits per heavy atom. The summed E-state index contributed by atoms with van der Waals surface area (Å²) >= 11 is 0. The van der Waals surface area contributed by atoms with Crippen LogP contribution in [0.3, 0.4) is 0 Å². The fourth-order valence-electron chi connectivity index (χ4n) is 3.13. The number of aromatic nitrogens is 3. The van der Waals surface area contributed by atoms with Crippen LogP contribution in [0.1, 0.15) is 15.9 Å². The Kier molecular flexibility index (Phi) is 4.15. The number of fused-ring (bicyclic) bond motifs is 1. The molecule has 0 atom stereocenters. The number of carbonyl (C=O) groups excluding carboxylic acids is 1. The van der Waals surface area contributed by atoms with Crippen LogP contribution >= 0.6 is 0 Å². The molecule has 3 heterocycles. The highest BCUT2D eigenvalue weighted by Crippen LogP contribution is 2.15. The van der Waals surface area contributed by atoms with Gasteiger partial charge < -0.3 is 4.90 Å². The molecule has 1 amide bonds. The van der Waals surface area contributed by atoms with Gasteiger partial charge in [0.2, 0.25) is 0 Å². The zero-order valence-corrected chi connectivity index (χ0v) is 13.7. The van der Waals surface area contributed by atoms with Gasteiger partial charge in [-0.15, -0.1) is 0 Å². The third-order valence-electron chi connectivity index (χ3n) is 4.52. The van der Waals surface area contributed by atoms with E-state index < -0.39 is 0 Å². The largest absolute Gasteiger partial charge is 0.336 e. The Morgan fingerprint density at radius 3 is 2.72 bits per heavy atom. The molecule has 0 saturated carbocycles. The number of piperazine rings is 1. The van der Waals surface area contributed by atoms with Crippen molar-refractivity contribution in [2.45, 2.75) is 6.54 Å². The van der Waals surface area contributed by atoms with Crippen molar-refractivity contribution in [1.29, 1.82) is 0 Å². The van der Waals surface area contributed by atoms with Crippen LogP contribution in [0.25, 0.3) is 5.65 Å². The molecule has 1 aliphatic heterocycles. The number of hydrogen-bond donors (Lipinski definition) is 0. The number of amides is 1. The Balaban J connectivity index is 1.42. The number of halogens is 1. The lowest BCUT2D eigenvalue weighted by molar-refractivity contribution is 0.0628. The molecule has 1 fully saturated rings. The van der Waals surface area contributed by atoms with Crippen LogP contribution in [0.2, 0.25) is 0 Å². The minimum absolute atomic E-state index is 0.0563. The molecule has 0 N–H and O–H groups in total. The molecule has 25 heavy (non-hydrogen) atoms. The Bertz CT molecular complexity index is 901. The fraction of sp³-hybridized carbons (Fsp3) is 0.278. The van der Waals surface area contributed by atoms with Crippen molar-refractivity contribution in [1.82, 2.24) is 24.4 Å². The van der Waals surface area contributed by atoms with E-state index in [-0.39, 0.29) is 11.7 Å². The van der Waals surface area contributed by atoms with E-state index in [1.165, 1.54) is 6.07 Å². The summed E-state index contributed by atoms with van der Waals surface area (Å²) in [5, 5.41) is 4.17. The summed E-state index contributed by atoms with van der Waals surface area (Å²) in [7, 11) is 0. The van der Waals surface area contributed by atoms with E-state index in [0.717, 1.165) is 0 Å². The molecule has 2 aromatic heterocycles. The van der Waals surface area contributed by atoms with Crippen molar-refractivity contribution in [3.8, 4) is 0 Å². The number of carbonyl (C=O) groups is 1. The average Bonchev–Trinajstić information content (AvgIpc) is 3.08. The quantitative estimate of drug-likeness (QED) is 0.730. The van der Waals surface area contributed by atoms with Crippen molar-refractivity contribution in [2.75, 3.05) is 26.2 Å². The average molecular weight is 339 g/mol. The second-order valence-corrected chi connectivity index (χ2v) is 6.11. The van der Waals surface area contributed by atoms with Crippen LogP contribution < -0.4 is 0 Å². The molecule has 0 aliphatic carbocycles. The topological polar surface area (TPSA) is 53.7 Å². The molecule has 1 saturated heterocycles. The third-order valence-corrected chi connectivity index (χ3v) is 4.52. The summed E-state index contributed by atoms with van der Waals surface area (Å²) < 4.78 is 15.4. The molecule has 3 aromatic rings. The van der Waals surface area contributed by atoms with E-state index in [0.29, 0.717) is 49.5 Å². The van der Waals surface area contributed by atoms with Gasteiger partial charge in [0, 0.05) is 50.7 Å². The molecule has 4 rings (SSSR count). The predicted octanol–water partition coefficient (Wildman–Crippen LogP) is 1.83. The highest BCUT2D eigenvalue weighted by atomic mass is 19.1. The molecule has 1 aliphatic rings. The van der Waals surface area contributed by atoms with E-state index in [1.807, 2.05) is 11.0 Å². The lowest BCUT2D eigenvalue weighted by atomic mass is 10.1. The maximum atomic E-state index is 13.8. The van der Waals surface area contributed by atoms with Gasteiger partial charge in [-0.1, -0.05) is 18.2 Å². The van der Waals surface area contributed by atoms with Gasteiger partial charge in [-0.25, -0.2) is 13.9 Å². The van der Waals surface area contributed by atoms with E-state index in [1.54, 1.807) is 41.3 Å². The predicted molar refractivity (Wildman–Crippen MR) is 90.6 cm³/mol. The van der Waals surface area contributed by atoms with Gasteiger partial charge in [0.25, 0.3) is 5.91 Å². The van der Waals surface area contributed by atoms with E-state index >= 15 is 0 Å². The third kappa shape index (κ3) is 3.10. The fourth-order valence-corrected chi connectivity index (χ4v) is 3.13. The molecule has 0 unspecified atom stereocenters. The summed E-state index contributed by atoms with van der Waals surface area (Å²) in [6.45, 7) is 3.21. The van der Waals surface area contributed by atoms with Crippen LogP contribution in [0.5, 0.6) is 0 Å². The Hall–Kier alpha value is -2.80. The number of hydrogen-bond acceptors (Lipinski definition) is 4. The maximum absolute atomic E-state index is 13.8. The van der Waals surface area contributed by atoms with E-state index in [9.17, 15) is 9.18 Å². The molecule has 7 heteroatoms. The SMILES string of the molecule is O=C(c1cnn2cccnc12)N1CCN(Cc2ccccc2F)CC1. The van der Waals surface area contributed by atoms with Gasteiger partial charge in [-0.2, -0.15) is 5.10 Å². The van der Waals surface area contributed by atoms with Gasteiger partial charge in [0.1, 0.15) is 11.4 Å². The molecular weight excluding hydrogens is 321 g/mol. The summed E-state index contributed by atoms with van der Waals surface area (Å²) in [5.74, 6) is -0.238. The standard InChI is InChI=1S/C18H18FN5O/c19-16-5-2-1-4-14(16)13-22-8-10-23(11-9-22)18(25)15-12-21-24-7-3-6-20-17(15)24/h1-7,12H,8-11,13H2. The van der Waals surface area contributed by atoms with Crippen LogP contribution in [0, 0.1) is 5.82 Å². The summed E-state index contributed by atoms with van der Waals surface area (Å²) in [6.07, 6.45) is 4.99. The molecule has 0 bridgehead atoms. The summed E-state index contributed by atoms with van der Waals surface area (Å²) in [6, 6.07) is 8.59. The van der Waals surface area contributed by atoms with Crippen molar-refractivity contribution in [2.24, 2.45) is 0 Å². The Labute approximate surface area is 144 Å². The van der Waals surface area contributed by atoms with E-state index in [2.05, 4.69) is 15.0 Å². The Morgan fingerprint density at radius 2 is 1.92 bits per heavy atom. The first-order valence-corrected chi connectivity index (χ1v) is 8.26. The maximum Gasteiger partial charge on any atom is 0.259 e. The monoisotopic (exact) mass is 339 g/mol. The first-order valence-electron chi connectivity index (χ1n) is 8.26. The zero-order chi connectivity index (χ0) is 17.2. The van der Waals surface area contributed by atoms with Crippen molar-refractivity contribution in [3.63, 3.8) is 0 Å². The summed E-state index contributed by atoms with van der Waals surface area (Å²) in [5.41, 5.74) is 1.78. The second kappa shape index (κ2) is 6.60. The van der Waals surface area contributed by atoms with Gasteiger partial charge in [-0.05, 0) is 12.1 Å². The lowest BCUT2D eigenvalue weighted by Crippen LogP contribution is -2.48. The van der Waals surface area contributed by atoms with E-state index in [4.69, 9.17) is 0 Å². The zero-order valence-electron chi connectivity index (χ0n) is 13.7. The van der Waals surface area contributed by atoms with Crippen molar-refractivity contribution < 1.29 is 9.18 Å². The van der Waals surface area contributed by atoms with Gasteiger partial charge >= 0.3 is 0 Å². The highest BCUT2D eigenvalue weighted by molar-refractivity contribution is 5.99. The number of benzene rings is 1. The van der Waals surface area contributed by atoms with Gasteiger partial charge in [0.05, 0.1) is 6.20 Å². The highest BCUT2D eigenvalue weighted by Gasteiger charge is 2.25. The van der Waals surface area contributed by atoms with Gasteiger partial charge in [0.15, 0.2) is 5.65 Å². The smallest absolute Gasteiger partial charge is 0.259 e. The first-order chi connectivity index (χ1) is 12.2. The molecular formula is C18H18FN5O. The van der Waals surface area contributed by atoms with Crippen LogP contribution in [0.4, 0.5) is 4.39 Å². The molecule has 0 spiro atoms. The minimum atomic E-state index is -0.182. The van der Waals surface area contributed by atoms with Crippen molar-refractivity contribution >= 4 is 11.6 Å². The van der Waals surface area contributed by atoms with Crippen molar-refractivity contribution in [3.05, 3.63) is 65.9 Å². The minimum Gasteiger partial charge on any atom is -0.336 e. The number of nitrogens with zero attached hydrogens (tertiary/aromatic N) is 5. The molecule has 1 aromatic carbocycles. The lowest BCUT2D eigenvalue weighted by Gasteiger charge is -2.34. The second-order valence-electron chi connectivity index (χ2n) is 6.11. The number of rotatable bonds is 3.